The zero-order valence-corrected chi connectivity index (χ0v) is 5.42. The average Bonchev–Trinajstić information content (AvgIpc) is 2.39. The van der Waals surface area contributed by atoms with Crippen molar-refractivity contribution >= 4 is 5.97 Å². The summed E-state index contributed by atoms with van der Waals surface area (Å²) in [4.78, 5) is 10.2. The lowest BCUT2D eigenvalue weighted by Gasteiger charge is -1.90. The first kappa shape index (κ1) is 6.33. The van der Waals surface area contributed by atoms with Gasteiger partial charge in [-0.15, -0.1) is 0 Å². The van der Waals surface area contributed by atoms with E-state index in [1.807, 2.05) is 6.92 Å². The molecule has 0 aromatic heterocycles. The number of carbonyl (C=O) groups is 1. The Balaban J connectivity index is 2.42. The minimum atomic E-state index is -0.678. The quantitative estimate of drug-likeness (QED) is 0.566. The maximum absolute atomic E-state index is 10.2. The van der Waals surface area contributed by atoms with Gasteiger partial charge in [0.25, 0.3) is 0 Å². The summed E-state index contributed by atoms with van der Waals surface area (Å²) in [6, 6.07) is 0. The number of hydrogen-bond donors (Lipinski definition) is 1. The Morgan fingerprint density at radius 1 is 1.67 bits per heavy atom. The molecule has 0 amide bonds. The molecule has 2 heteroatoms. The molecule has 1 fully saturated rings. The van der Waals surface area contributed by atoms with Gasteiger partial charge in [-0.1, -0.05) is 12.2 Å². The normalized spacial score (nSPS) is 31.7. The Kier molecular flexibility index (Phi) is 1.31. The Labute approximate surface area is 54.2 Å². The van der Waals surface area contributed by atoms with Gasteiger partial charge in [0.05, 0.1) is 5.92 Å². The van der Waals surface area contributed by atoms with E-state index in [1.54, 1.807) is 0 Å². The monoisotopic (exact) mass is 126 g/mol. The number of carboxylic acid groups (broad SMARTS) is 1. The molecule has 1 aliphatic rings. The molecule has 0 aromatic carbocycles. The van der Waals surface area contributed by atoms with Crippen LogP contribution in [0, 0.1) is 11.8 Å². The van der Waals surface area contributed by atoms with Crippen LogP contribution in [0.5, 0.6) is 0 Å². The van der Waals surface area contributed by atoms with Gasteiger partial charge in [-0.2, -0.15) is 0 Å². The number of aliphatic carboxylic acids is 1. The number of allylic oxidation sites excluding steroid dienone is 1. The second-order valence-electron chi connectivity index (χ2n) is 2.63. The SMILES string of the molecule is C=C(C)[C@@H]1C[C@@H]1C(=O)O. The first-order chi connectivity index (χ1) is 4.13. The molecule has 2 atom stereocenters. The highest BCUT2D eigenvalue weighted by Crippen LogP contribution is 2.43. The Hall–Kier alpha value is -0.790. The predicted octanol–water partition coefficient (Wildman–Crippen LogP) is 1.28. The van der Waals surface area contributed by atoms with Crippen molar-refractivity contribution in [3.05, 3.63) is 12.2 Å². The molecule has 0 saturated heterocycles. The third kappa shape index (κ3) is 1.12. The summed E-state index contributed by atoms with van der Waals surface area (Å²) in [6.45, 7) is 5.57. The van der Waals surface area contributed by atoms with Crippen molar-refractivity contribution < 1.29 is 9.90 Å². The van der Waals surface area contributed by atoms with Crippen LogP contribution in [0.2, 0.25) is 0 Å². The standard InChI is InChI=1S/C7H10O2/c1-4(2)5-3-6(5)7(8)9/h5-6H,1,3H2,2H3,(H,8,9)/t5-,6-/m0/s1. The van der Waals surface area contributed by atoms with Crippen LogP contribution in [0.4, 0.5) is 0 Å². The summed E-state index contributed by atoms with van der Waals surface area (Å²) in [5, 5.41) is 8.43. The number of hydrogen-bond acceptors (Lipinski definition) is 1. The van der Waals surface area contributed by atoms with Crippen molar-refractivity contribution in [2.75, 3.05) is 0 Å². The van der Waals surface area contributed by atoms with Crippen molar-refractivity contribution in [3.8, 4) is 0 Å². The van der Waals surface area contributed by atoms with Crippen molar-refractivity contribution in [3.63, 3.8) is 0 Å². The van der Waals surface area contributed by atoms with E-state index in [9.17, 15) is 4.79 Å². The van der Waals surface area contributed by atoms with Gasteiger partial charge in [-0.05, 0) is 19.3 Å². The number of rotatable bonds is 2. The summed E-state index contributed by atoms with van der Waals surface area (Å²) < 4.78 is 0. The minimum absolute atomic E-state index is 0.123. The third-order valence-electron chi connectivity index (χ3n) is 1.74. The molecular formula is C7H10O2. The molecule has 0 radical (unpaired) electrons. The van der Waals surface area contributed by atoms with E-state index >= 15 is 0 Å². The van der Waals surface area contributed by atoms with E-state index in [1.165, 1.54) is 0 Å². The lowest BCUT2D eigenvalue weighted by molar-refractivity contribution is -0.138. The zero-order chi connectivity index (χ0) is 7.02. The van der Waals surface area contributed by atoms with Crippen LogP contribution in [0.3, 0.4) is 0 Å². The molecule has 1 saturated carbocycles. The van der Waals surface area contributed by atoms with Crippen LogP contribution < -0.4 is 0 Å². The van der Waals surface area contributed by atoms with Gasteiger partial charge in [0.1, 0.15) is 0 Å². The second kappa shape index (κ2) is 1.87. The molecule has 50 valence electrons. The molecule has 0 unspecified atom stereocenters. The molecule has 0 heterocycles. The highest BCUT2D eigenvalue weighted by atomic mass is 16.4. The second-order valence-corrected chi connectivity index (χ2v) is 2.63. The van der Waals surface area contributed by atoms with Crippen molar-refractivity contribution in [2.24, 2.45) is 11.8 Å². The molecule has 0 spiro atoms. The van der Waals surface area contributed by atoms with E-state index in [0.717, 1.165) is 12.0 Å². The first-order valence-corrected chi connectivity index (χ1v) is 3.01. The highest BCUT2D eigenvalue weighted by molar-refractivity contribution is 5.74. The largest absolute Gasteiger partial charge is 0.481 e. The van der Waals surface area contributed by atoms with E-state index in [0.29, 0.717) is 0 Å². The zero-order valence-electron chi connectivity index (χ0n) is 5.42. The molecule has 0 bridgehead atoms. The van der Waals surface area contributed by atoms with Crippen LogP contribution in [0.25, 0.3) is 0 Å². The summed E-state index contributed by atoms with van der Waals surface area (Å²) >= 11 is 0. The Morgan fingerprint density at radius 2 is 2.22 bits per heavy atom. The van der Waals surface area contributed by atoms with Gasteiger partial charge in [-0.3, -0.25) is 4.79 Å². The van der Waals surface area contributed by atoms with Crippen molar-refractivity contribution in [2.45, 2.75) is 13.3 Å². The van der Waals surface area contributed by atoms with Crippen LogP contribution in [0.15, 0.2) is 12.2 Å². The van der Waals surface area contributed by atoms with E-state index < -0.39 is 5.97 Å². The fourth-order valence-corrected chi connectivity index (χ4v) is 1.01. The average molecular weight is 126 g/mol. The summed E-state index contributed by atoms with van der Waals surface area (Å²) in [7, 11) is 0. The smallest absolute Gasteiger partial charge is 0.307 e. The summed E-state index contributed by atoms with van der Waals surface area (Å²) in [5.74, 6) is -0.534. The molecule has 0 aromatic rings. The van der Waals surface area contributed by atoms with Crippen LogP contribution in [-0.2, 0) is 4.79 Å². The van der Waals surface area contributed by atoms with Crippen molar-refractivity contribution in [1.82, 2.24) is 0 Å². The van der Waals surface area contributed by atoms with E-state index in [-0.39, 0.29) is 11.8 Å². The van der Waals surface area contributed by atoms with Crippen LogP contribution in [-0.4, -0.2) is 11.1 Å². The van der Waals surface area contributed by atoms with Gasteiger partial charge >= 0.3 is 5.97 Å². The molecular weight excluding hydrogens is 116 g/mol. The Bertz CT molecular complexity index is 142. The van der Waals surface area contributed by atoms with Crippen molar-refractivity contribution in [1.29, 1.82) is 0 Å². The molecule has 9 heavy (non-hydrogen) atoms. The van der Waals surface area contributed by atoms with Gasteiger partial charge in [-0.25, -0.2) is 0 Å². The van der Waals surface area contributed by atoms with Gasteiger partial charge in [0.15, 0.2) is 0 Å². The Morgan fingerprint density at radius 3 is 2.33 bits per heavy atom. The van der Waals surface area contributed by atoms with Gasteiger partial charge in [0, 0.05) is 0 Å². The molecule has 0 aliphatic heterocycles. The maximum Gasteiger partial charge on any atom is 0.307 e. The summed E-state index contributed by atoms with van der Waals surface area (Å²) in [5.41, 5.74) is 1.00. The molecule has 1 aliphatic carbocycles. The number of carboxylic acids is 1. The van der Waals surface area contributed by atoms with Gasteiger partial charge < -0.3 is 5.11 Å². The summed E-state index contributed by atoms with van der Waals surface area (Å²) in [6.07, 6.45) is 0.796. The minimum Gasteiger partial charge on any atom is -0.481 e. The first-order valence-electron chi connectivity index (χ1n) is 3.01. The predicted molar refractivity (Wildman–Crippen MR) is 34.0 cm³/mol. The lowest BCUT2D eigenvalue weighted by atomic mass is 10.2. The molecule has 2 nitrogen and oxygen atoms in total. The fraction of sp³-hybridized carbons (Fsp3) is 0.571. The maximum atomic E-state index is 10.2. The van der Waals surface area contributed by atoms with Crippen LogP contribution >= 0.6 is 0 Å². The van der Waals surface area contributed by atoms with E-state index in [4.69, 9.17) is 5.11 Å². The topological polar surface area (TPSA) is 37.3 Å². The fourth-order valence-electron chi connectivity index (χ4n) is 1.01. The highest BCUT2D eigenvalue weighted by Gasteiger charge is 2.43. The third-order valence-corrected chi connectivity index (χ3v) is 1.74. The molecule has 1 N–H and O–H groups in total. The van der Waals surface area contributed by atoms with Gasteiger partial charge in [0.2, 0.25) is 0 Å². The molecule has 1 rings (SSSR count). The van der Waals surface area contributed by atoms with E-state index in [2.05, 4.69) is 6.58 Å². The van der Waals surface area contributed by atoms with Crippen LogP contribution in [0.1, 0.15) is 13.3 Å². The lowest BCUT2D eigenvalue weighted by Crippen LogP contribution is -1.99.